The molecule has 0 radical (unpaired) electrons. The number of carbonyl (C=O) groups is 1. The van der Waals surface area contributed by atoms with Gasteiger partial charge in [0.05, 0.1) is 18.3 Å². The molecule has 0 aromatic carbocycles. The fourth-order valence-electron chi connectivity index (χ4n) is 1.51. The zero-order valence-electron chi connectivity index (χ0n) is 10.1. The summed E-state index contributed by atoms with van der Waals surface area (Å²) in [5, 5.41) is 5.70. The third-order valence-electron chi connectivity index (χ3n) is 2.39. The number of nitrogens with one attached hydrogen (secondary N) is 2. The number of hydrogen-bond donors (Lipinski definition) is 2. The second-order valence-corrected chi connectivity index (χ2v) is 3.77. The molecule has 0 bridgehead atoms. The molecule has 0 saturated heterocycles. The van der Waals surface area contributed by atoms with E-state index in [0.29, 0.717) is 12.1 Å². The summed E-state index contributed by atoms with van der Waals surface area (Å²) in [6.07, 6.45) is 5.29. The third kappa shape index (κ3) is 3.28. The van der Waals surface area contributed by atoms with Gasteiger partial charge in [-0.25, -0.2) is 4.98 Å². The largest absolute Gasteiger partial charge is 0.373 e. The predicted octanol–water partition coefficient (Wildman–Crippen LogP) is 1.70. The van der Waals surface area contributed by atoms with Gasteiger partial charge in [0.25, 0.3) is 0 Å². The Hall–Kier alpha value is -2.43. The van der Waals surface area contributed by atoms with Crippen LogP contribution in [-0.4, -0.2) is 22.9 Å². The van der Waals surface area contributed by atoms with Gasteiger partial charge in [-0.1, -0.05) is 6.07 Å². The SMILES string of the molecule is CNc1ccc(NC(=O)Cc2cccnc2)cn1. The van der Waals surface area contributed by atoms with Crippen LogP contribution in [0.25, 0.3) is 0 Å². The van der Waals surface area contributed by atoms with Gasteiger partial charge < -0.3 is 10.6 Å². The summed E-state index contributed by atoms with van der Waals surface area (Å²) in [5.41, 5.74) is 1.57. The van der Waals surface area contributed by atoms with Crippen molar-refractivity contribution >= 4 is 17.4 Å². The molecule has 5 heteroatoms. The smallest absolute Gasteiger partial charge is 0.228 e. The summed E-state index contributed by atoms with van der Waals surface area (Å²) in [5.74, 6) is 0.683. The normalized spacial score (nSPS) is 9.83. The van der Waals surface area contributed by atoms with Crippen LogP contribution >= 0.6 is 0 Å². The van der Waals surface area contributed by atoms with Gasteiger partial charge in [-0.05, 0) is 23.8 Å². The van der Waals surface area contributed by atoms with Gasteiger partial charge in [0.1, 0.15) is 5.82 Å². The quantitative estimate of drug-likeness (QED) is 0.856. The van der Waals surface area contributed by atoms with Gasteiger partial charge >= 0.3 is 0 Å². The third-order valence-corrected chi connectivity index (χ3v) is 2.39. The zero-order chi connectivity index (χ0) is 12.8. The van der Waals surface area contributed by atoms with E-state index in [4.69, 9.17) is 0 Å². The van der Waals surface area contributed by atoms with Crippen molar-refractivity contribution in [2.24, 2.45) is 0 Å². The van der Waals surface area contributed by atoms with Crippen molar-refractivity contribution in [1.29, 1.82) is 0 Å². The van der Waals surface area contributed by atoms with Gasteiger partial charge in [-0.2, -0.15) is 0 Å². The summed E-state index contributed by atoms with van der Waals surface area (Å²) in [4.78, 5) is 19.8. The van der Waals surface area contributed by atoms with Crippen molar-refractivity contribution in [2.75, 3.05) is 17.7 Å². The summed E-state index contributed by atoms with van der Waals surface area (Å²) < 4.78 is 0. The molecule has 92 valence electrons. The van der Waals surface area contributed by atoms with Crippen molar-refractivity contribution in [2.45, 2.75) is 6.42 Å². The van der Waals surface area contributed by atoms with Crippen LogP contribution in [-0.2, 0) is 11.2 Å². The highest BCUT2D eigenvalue weighted by Gasteiger charge is 2.04. The first-order valence-corrected chi connectivity index (χ1v) is 5.60. The number of pyridine rings is 2. The fraction of sp³-hybridized carbons (Fsp3) is 0.154. The fourth-order valence-corrected chi connectivity index (χ4v) is 1.51. The van der Waals surface area contributed by atoms with Gasteiger partial charge in [-0.3, -0.25) is 9.78 Å². The molecule has 2 rings (SSSR count). The molecule has 0 spiro atoms. The molecule has 0 aliphatic heterocycles. The first kappa shape index (κ1) is 12.0. The maximum atomic E-state index is 11.8. The molecule has 0 saturated carbocycles. The predicted molar refractivity (Wildman–Crippen MR) is 70.4 cm³/mol. The molecule has 0 fully saturated rings. The molecule has 2 heterocycles. The Morgan fingerprint density at radius 2 is 2.17 bits per heavy atom. The van der Waals surface area contributed by atoms with Crippen molar-refractivity contribution in [3.05, 3.63) is 48.4 Å². The highest BCUT2D eigenvalue weighted by Crippen LogP contribution is 2.09. The summed E-state index contributed by atoms with van der Waals surface area (Å²) in [6, 6.07) is 7.29. The highest BCUT2D eigenvalue weighted by atomic mass is 16.1. The lowest BCUT2D eigenvalue weighted by atomic mass is 10.2. The number of anilines is 2. The number of carbonyl (C=O) groups excluding carboxylic acids is 1. The van der Waals surface area contributed by atoms with E-state index >= 15 is 0 Å². The molecule has 0 aliphatic carbocycles. The molecule has 0 aliphatic rings. The van der Waals surface area contributed by atoms with Crippen LogP contribution < -0.4 is 10.6 Å². The molecule has 0 unspecified atom stereocenters. The minimum atomic E-state index is -0.0815. The minimum absolute atomic E-state index is 0.0815. The standard InChI is InChI=1S/C13H14N4O/c1-14-12-5-4-11(9-16-12)17-13(18)7-10-3-2-6-15-8-10/h2-6,8-9H,7H2,1H3,(H,14,16)(H,17,18). The molecular formula is C13H14N4O. The molecule has 2 N–H and O–H groups in total. The zero-order valence-corrected chi connectivity index (χ0v) is 10.1. The lowest BCUT2D eigenvalue weighted by Crippen LogP contribution is -2.14. The Balaban J connectivity index is 1.94. The Morgan fingerprint density at radius 3 is 2.78 bits per heavy atom. The van der Waals surface area contributed by atoms with Gasteiger partial charge in [0, 0.05) is 19.4 Å². The summed E-state index contributed by atoms with van der Waals surface area (Å²) in [7, 11) is 1.79. The molecule has 5 nitrogen and oxygen atoms in total. The maximum Gasteiger partial charge on any atom is 0.228 e. The van der Waals surface area contributed by atoms with Crippen LogP contribution in [0.4, 0.5) is 11.5 Å². The lowest BCUT2D eigenvalue weighted by Gasteiger charge is -2.05. The Morgan fingerprint density at radius 1 is 1.28 bits per heavy atom. The van der Waals surface area contributed by atoms with E-state index in [1.54, 1.807) is 37.8 Å². The lowest BCUT2D eigenvalue weighted by molar-refractivity contribution is -0.115. The van der Waals surface area contributed by atoms with Crippen LogP contribution in [0.1, 0.15) is 5.56 Å². The van der Waals surface area contributed by atoms with Crippen molar-refractivity contribution in [1.82, 2.24) is 9.97 Å². The van der Waals surface area contributed by atoms with E-state index in [-0.39, 0.29) is 5.91 Å². The van der Waals surface area contributed by atoms with Gasteiger partial charge in [0.2, 0.25) is 5.91 Å². The average molecular weight is 242 g/mol. The summed E-state index contributed by atoms with van der Waals surface area (Å²) >= 11 is 0. The number of nitrogens with zero attached hydrogens (tertiary/aromatic N) is 2. The second-order valence-electron chi connectivity index (χ2n) is 3.77. The molecule has 0 atom stereocenters. The molecule has 1 amide bonds. The first-order chi connectivity index (χ1) is 8.78. The van der Waals surface area contributed by atoms with Crippen molar-refractivity contribution < 1.29 is 4.79 Å². The number of aromatic nitrogens is 2. The van der Waals surface area contributed by atoms with E-state index in [2.05, 4.69) is 20.6 Å². The number of amides is 1. The van der Waals surface area contributed by atoms with Crippen LogP contribution in [0.3, 0.4) is 0 Å². The second kappa shape index (κ2) is 5.77. The monoisotopic (exact) mass is 242 g/mol. The van der Waals surface area contributed by atoms with Crippen LogP contribution in [0.5, 0.6) is 0 Å². The van der Waals surface area contributed by atoms with E-state index in [0.717, 1.165) is 11.4 Å². The van der Waals surface area contributed by atoms with E-state index < -0.39 is 0 Å². The van der Waals surface area contributed by atoms with E-state index in [1.807, 2.05) is 12.1 Å². The number of hydrogen-bond acceptors (Lipinski definition) is 4. The van der Waals surface area contributed by atoms with Crippen LogP contribution in [0, 0.1) is 0 Å². The Labute approximate surface area is 105 Å². The molecule has 2 aromatic rings. The van der Waals surface area contributed by atoms with E-state index in [1.165, 1.54) is 0 Å². The molecular weight excluding hydrogens is 228 g/mol. The van der Waals surface area contributed by atoms with Crippen molar-refractivity contribution in [3.63, 3.8) is 0 Å². The number of rotatable bonds is 4. The first-order valence-electron chi connectivity index (χ1n) is 5.60. The average Bonchev–Trinajstić information content (AvgIpc) is 2.40. The topological polar surface area (TPSA) is 66.9 Å². The Bertz CT molecular complexity index is 510. The minimum Gasteiger partial charge on any atom is -0.373 e. The summed E-state index contributed by atoms with van der Waals surface area (Å²) in [6.45, 7) is 0. The van der Waals surface area contributed by atoms with Crippen LogP contribution in [0.2, 0.25) is 0 Å². The molecule has 2 aromatic heterocycles. The van der Waals surface area contributed by atoms with Crippen molar-refractivity contribution in [3.8, 4) is 0 Å². The van der Waals surface area contributed by atoms with Crippen LogP contribution in [0.15, 0.2) is 42.9 Å². The maximum absolute atomic E-state index is 11.8. The van der Waals surface area contributed by atoms with Gasteiger partial charge in [0.15, 0.2) is 0 Å². The Kier molecular flexibility index (Phi) is 3.86. The highest BCUT2D eigenvalue weighted by molar-refractivity contribution is 5.92. The van der Waals surface area contributed by atoms with Gasteiger partial charge in [-0.15, -0.1) is 0 Å². The molecule has 18 heavy (non-hydrogen) atoms. The van der Waals surface area contributed by atoms with E-state index in [9.17, 15) is 4.79 Å².